The van der Waals surface area contributed by atoms with Crippen molar-refractivity contribution in [2.45, 2.75) is 19.3 Å². The van der Waals surface area contributed by atoms with Gasteiger partial charge in [0.2, 0.25) is 5.91 Å². The highest BCUT2D eigenvalue weighted by molar-refractivity contribution is 5.95. The molecular formula is C19H23N3O3. The molecule has 1 aromatic rings. The van der Waals surface area contributed by atoms with Crippen LogP contribution in [0.2, 0.25) is 0 Å². The molecule has 0 N–H and O–H groups in total. The Morgan fingerprint density at radius 2 is 2.04 bits per heavy atom. The third-order valence-electron chi connectivity index (χ3n) is 5.29. The lowest BCUT2D eigenvalue weighted by Gasteiger charge is -2.39. The number of ether oxygens (including phenoxy) is 1. The quantitative estimate of drug-likeness (QED) is 0.835. The van der Waals surface area contributed by atoms with E-state index in [-0.39, 0.29) is 11.8 Å². The van der Waals surface area contributed by atoms with Gasteiger partial charge >= 0.3 is 0 Å². The molecule has 1 atom stereocenters. The summed E-state index contributed by atoms with van der Waals surface area (Å²) in [5.74, 6) is 0.0918. The summed E-state index contributed by atoms with van der Waals surface area (Å²) in [4.78, 5) is 29.3. The first-order chi connectivity index (χ1) is 12.1. The molecule has 1 spiro atoms. The number of rotatable bonds is 4. The van der Waals surface area contributed by atoms with E-state index in [9.17, 15) is 9.59 Å². The Balaban J connectivity index is 1.70. The standard InChI is InChI=1S/C19H23N3O3/c1-25-12-11-21-9-2-7-19(18(21)24)8-10-22(14-19)17(23)16-5-3-15(13-20)4-6-16/h3-6H,2,7-12,14H2,1H3. The van der Waals surface area contributed by atoms with Crippen LogP contribution in [0, 0.1) is 16.7 Å². The normalized spacial score (nSPS) is 23.1. The van der Waals surface area contributed by atoms with Crippen LogP contribution in [-0.4, -0.2) is 61.5 Å². The Kier molecular flexibility index (Phi) is 5.05. The second kappa shape index (κ2) is 7.24. The number of hydrogen-bond acceptors (Lipinski definition) is 4. The first kappa shape index (κ1) is 17.4. The highest BCUT2D eigenvalue weighted by Crippen LogP contribution is 2.40. The second-order valence-electron chi connectivity index (χ2n) is 6.83. The Bertz CT molecular complexity index is 695. The lowest BCUT2D eigenvalue weighted by molar-refractivity contribution is -0.146. The number of piperidine rings is 1. The molecule has 2 fully saturated rings. The van der Waals surface area contributed by atoms with Crippen LogP contribution >= 0.6 is 0 Å². The first-order valence-corrected chi connectivity index (χ1v) is 8.67. The summed E-state index contributed by atoms with van der Waals surface area (Å²) in [6.07, 6.45) is 2.53. The summed E-state index contributed by atoms with van der Waals surface area (Å²) < 4.78 is 5.10. The van der Waals surface area contributed by atoms with Crippen LogP contribution in [0.1, 0.15) is 35.2 Å². The molecule has 1 aromatic carbocycles. The second-order valence-corrected chi connectivity index (χ2v) is 6.83. The van der Waals surface area contributed by atoms with E-state index in [1.165, 1.54) is 0 Å². The van der Waals surface area contributed by atoms with E-state index < -0.39 is 5.41 Å². The summed E-state index contributed by atoms with van der Waals surface area (Å²) in [5.41, 5.74) is 0.662. The molecule has 2 aliphatic rings. The molecule has 6 nitrogen and oxygen atoms in total. The Hall–Kier alpha value is -2.39. The molecule has 25 heavy (non-hydrogen) atoms. The van der Waals surface area contributed by atoms with Gasteiger partial charge < -0.3 is 14.5 Å². The van der Waals surface area contributed by atoms with E-state index in [2.05, 4.69) is 6.07 Å². The van der Waals surface area contributed by atoms with Crippen molar-refractivity contribution in [1.82, 2.24) is 9.80 Å². The predicted octanol–water partition coefficient (Wildman–Crippen LogP) is 1.66. The maximum atomic E-state index is 12.9. The SMILES string of the molecule is COCCN1CCCC2(CCN(C(=O)c3ccc(C#N)cc3)C2)C1=O. The predicted molar refractivity (Wildman–Crippen MR) is 91.8 cm³/mol. The first-order valence-electron chi connectivity index (χ1n) is 8.67. The minimum Gasteiger partial charge on any atom is -0.383 e. The minimum absolute atomic E-state index is 0.0665. The van der Waals surface area contributed by atoms with Gasteiger partial charge in [0.15, 0.2) is 0 Å². The van der Waals surface area contributed by atoms with Crippen LogP contribution in [-0.2, 0) is 9.53 Å². The van der Waals surface area contributed by atoms with Crippen LogP contribution in [0.25, 0.3) is 0 Å². The molecule has 0 saturated carbocycles. The highest BCUT2D eigenvalue weighted by atomic mass is 16.5. The number of nitriles is 1. The Morgan fingerprint density at radius 1 is 1.28 bits per heavy atom. The van der Waals surface area contributed by atoms with Gasteiger partial charge in [0.05, 0.1) is 23.7 Å². The number of carbonyl (C=O) groups excluding carboxylic acids is 2. The summed E-state index contributed by atoms with van der Waals surface area (Å²) in [7, 11) is 1.64. The van der Waals surface area contributed by atoms with E-state index in [0.717, 1.165) is 25.8 Å². The fraction of sp³-hybridized carbons (Fsp3) is 0.526. The topological polar surface area (TPSA) is 73.6 Å². The Labute approximate surface area is 148 Å². The maximum Gasteiger partial charge on any atom is 0.253 e. The van der Waals surface area contributed by atoms with E-state index in [1.807, 2.05) is 4.90 Å². The molecule has 0 radical (unpaired) electrons. The third-order valence-corrected chi connectivity index (χ3v) is 5.29. The molecule has 6 heteroatoms. The molecular weight excluding hydrogens is 318 g/mol. The van der Waals surface area contributed by atoms with Gasteiger partial charge in [-0.05, 0) is 43.5 Å². The third kappa shape index (κ3) is 3.38. The molecule has 0 bridgehead atoms. The largest absolute Gasteiger partial charge is 0.383 e. The van der Waals surface area contributed by atoms with Crippen molar-refractivity contribution in [3.63, 3.8) is 0 Å². The molecule has 2 heterocycles. The number of hydrogen-bond donors (Lipinski definition) is 0. The molecule has 132 valence electrons. The van der Waals surface area contributed by atoms with Crippen molar-refractivity contribution < 1.29 is 14.3 Å². The van der Waals surface area contributed by atoms with Crippen molar-refractivity contribution in [2.24, 2.45) is 5.41 Å². The number of benzene rings is 1. The zero-order chi connectivity index (χ0) is 17.9. The lowest BCUT2D eigenvalue weighted by atomic mass is 9.78. The fourth-order valence-corrected chi connectivity index (χ4v) is 3.86. The number of amides is 2. The van der Waals surface area contributed by atoms with Gasteiger partial charge in [0.25, 0.3) is 5.91 Å². The zero-order valence-corrected chi connectivity index (χ0v) is 14.5. The molecule has 2 saturated heterocycles. The average molecular weight is 341 g/mol. The summed E-state index contributed by atoms with van der Waals surface area (Å²) in [6.45, 7) is 3.00. The van der Waals surface area contributed by atoms with E-state index >= 15 is 0 Å². The van der Waals surface area contributed by atoms with Crippen molar-refractivity contribution in [3.05, 3.63) is 35.4 Å². The van der Waals surface area contributed by atoms with Crippen LogP contribution in [0.3, 0.4) is 0 Å². The van der Waals surface area contributed by atoms with E-state index in [1.54, 1.807) is 36.3 Å². The van der Waals surface area contributed by atoms with Gasteiger partial charge in [-0.2, -0.15) is 5.26 Å². The van der Waals surface area contributed by atoms with Crippen molar-refractivity contribution in [1.29, 1.82) is 5.26 Å². The fourth-order valence-electron chi connectivity index (χ4n) is 3.86. The summed E-state index contributed by atoms with van der Waals surface area (Å²) in [6, 6.07) is 8.71. The minimum atomic E-state index is -0.436. The number of nitrogens with zero attached hydrogens (tertiary/aromatic N) is 3. The van der Waals surface area contributed by atoms with Gasteiger partial charge in [-0.3, -0.25) is 9.59 Å². The Morgan fingerprint density at radius 3 is 2.72 bits per heavy atom. The summed E-state index contributed by atoms with van der Waals surface area (Å²) >= 11 is 0. The number of likely N-dealkylation sites (tertiary alicyclic amines) is 2. The van der Waals surface area contributed by atoms with E-state index in [0.29, 0.717) is 37.4 Å². The van der Waals surface area contributed by atoms with Crippen LogP contribution in [0.5, 0.6) is 0 Å². The van der Waals surface area contributed by atoms with Gasteiger partial charge in [0, 0.05) is 38.9 Å². The zero-order valence-electron chi connectivity index (χ0n) is 14.5. The van der Waals surface area contributed by atoms with Crippen molar-refractivity contribution >= 4 is 11.8 Å². The van der Waals surface area contributed by atoms with E-state index in [4.69, 9.17) is 10.00 Å². The molecule has 0 aromatic heterocycles. The lowest BCUT2D eigenvalue weighted by Crippen LogP contribution is -2.51. The number of methoxy groups -OCH3 is 1. The van der Waals surface area contributed by atoms with Crippen LogP contribution in [0.15, 0.2) is 24.3 Å². The maximum absolute atomic E-state index is 12.9. The van der Waals surface area contributed by atoms with Crippen LogP contribution < -0.4 is 0 Å². The van der Waals surface area contributed by atoms with Crippen LogP contribution in [0.4, 0.5) is 0 Å². The van der Waals surface area contributed by atoms with Crippen molar-refractivity contribution in [3.8, 4) is 6.07 Å². The monoisotopic (exact) mass is 341 g/mol. The van der Waals surface area contributed by atoms with Gasteiger partial charge in [0.1, 0.15) is 0 Å². The van der Waals surface area contributed by atoms with Gasteiger partial charge in [-0.1, -0.05) is 0 Å². The molecule has 1 unspecified atom stereocenters. The van der Waals surface area contributed by atoms with Crippen molar-refractivity contribution in [2.75, 3.05) is 39.9 Å². The molecule has 0 aliphatic carbocycles. The average Bonchev–Trinajstić information content (AvgIpc) is 3.07. The smallest absolute Gasteiger partial charge is 0.253 e. The summed E-state index contributed by atoms with van der Waals surface area (Å²) in [5, 5.41) is 8.86. The number of carbonyl (C=O) groups is 2. The molecule has 2 aliphatic heterocycles. The molecule has 2 amide bonds. The molecule has 3 rings (SSSR count). The van der Waals surface area contributed by atoms with Gasteiger partial charge in [-0.15, -0.1) is 0 Å². The highest BCUT2D eigenvalue weighted by Gasteiger charge is 2.49. The van der Waals surface area contributed by atoms with Gasteiger partial charge in [-0.25, -0.2) is 0 Å².